The Hall–Kier alpha value is -2.83. The van der Waals surface area contributed by atoms with E-state index in [0.29, 0.717) is 37.1 Å². The van der Waals surface area contributed by atoms with Gasteiger partial charge in [0, 0.05) is 25.5 Å². The summed E-state index contributed by atoms with van der Waals surface area (Å²) in [7, 11) is 1.61. The molecule has 2 heterocycles. The normalized spacial score (nSPS) is 16.8. The number of hydrogen-bond acceptors (Lipinski definition) is 6. The van der Waals surface area contributed by atoms with Gasteiger partial charge in [-0.25, -0.2) is 9.97 Å². The molecule has 1 aromatic carbocycles. The lowest BCUT2D eigenvalue weighted by Crippen LogP contribution is -2.44. The Morgan fingerprint density at radius 3 is 2.77 bits per heavy atom. The summed E-state index contributed by atoms with van der Waals surface area (Å²) < 4.78 is 10.9. The van der Waals surface area contributed by atoms with E-state index in [0.717, 1.165) is 19.4 Å². The van der Waals surface area contributed by atoms with E-state index in [-0.39, 0.29) is 11.8 Å². The number of carbonyl (C=O) groups excluding carboxylic acids is 1. The topological polar surface area (TPSA) is 76.6 Å². The van der Waals surface area contributed by atoms with Gasteiger partial charge in [0.1, 0.15) is 6.61 Å². The predicted octanol–water partition coefficient (Wildman–Crippen LogP) is 1.90. The molecule has 0 radical (unpaired) electrons. The minimum Gasteiger partial charge on any atom is -0.493 e. The van der Waals surface area contributed by atoms with Crippen LogP contribution in [-0.4, -0.2) is 49.2 Å². The number of nitrogens with zero attached hydrogens (tertiary/aromatic N) is 3. The molecule has 0 spiro atoms. The fourth-order valence-corrected chi connectivity index (χ4v) is 3.04. The van der Waals surface area contributed by atoms with Crippen LogP contribution in [0.15, 0.2) is 42.7 Å². The predicted molar refractivity (Wildman–Crippen MR) is 98.5 cm³/mol. The number of rotatable bonds is 7. The van der Waals surface area contributed by atoms with E-state index in [4.69, 9.17) is 9.47 Å². The lowest BCUT2D eigenvalue weighted by Gasteiger charge is -2.31. The Bertz CT molecular complexity index is 711. The van der Waals surface area contributed by atoms with Gasteiger partial charge in [0.05, 0.1) is 19.6 Å². The van der Waals surface area contributed by atoms with Crippen molar-refractivity contribution >= 4 is 11.9 Å². The first-order valence-electron chi connectivity index (χ1n) is 8.83. The molecule has 1 saturated heterocycles. The van der Waals surface area contributed by atoms with Crippen LogP contribution in [0.3, 0.4) is 0 Å². The van der Waals surface area contributed by atoms with Gasteiger partial charge in [0.15, 0.2) is 11.5 Å². The zero-order valence-electron chi connectivity index (χ0n) is 14.9. The molecule has 1 unspecified atom stereocenters. The van der Waals surface area contributed by atoms with Gasteiger partial charge in [-0.05, 0) is 31.0 Å². The van der Waals surface area contributed by atoms with Crippen molar-refractivity contribution in [2.75, 3.05) is 38.3 Å². The molecule has 3 rings (SSSR count). The highest BCUT2D eigenvalue weighted by atomic mass is 16.5. The van der Waals surface area contributed by atoms with Crippen LogP contribution >= 0.6 is 0 Å². The van der Waals surface area contributed by atoms with Crippen LogP contribution in [0.1, 0.15) is 12.8 Å². The van der Waals surface area contributed by atoms with Crippen molar-refractivity contribution in [3.05, 3.63) is 42.7 Å². The van der Waals surface area contributed by atoms with E-state index in [1.807, 2.05) is 24.3 Å². The quantitative estimate of drug-likeness (QED) is 0.764. The standard InChI is InChI=1S/C19H24N4O3/c1-25-16-7-2-3-8-17(16)26-13-11-20-18(24)15-6-4-12-23(14-15)19-21-9-5-10-22-19/h2-3,5,7-10,15H,4,6,11-14H2,1H3,(H,20,24). The molecule has 1 aliphatic rings. The molecule has 0 bridgehead atoms. The van der Waals surface area contributed by atoms with Crippen LogP contribution in [0.4, 0.5) is 5.95 Å². The van der Waals surface area contributed by atoms with Crippen molar-refractivity contribution in [1.82, 2.24) is 15.3 Å². The second-order valence-electron chi connectivity index (χ2n) is 6.12. The van der Waals surface area contributed by atoms with Crippen molar-refractivity contribution in [2.45, 2.75) is 12.8 Å². The summed E-state index contributed by atoms with van der Waals surface area (Å²) in [5.41, 5.74) is 0. The molecule has 26 heavy (non-hydrogen) atoms. The average molecular weight is 356 g/mol. The molecule has 1 fully saturated rings. The summed E-state index contributed by atoms with van der Waals surface area (Å²) in [4.78, 5) is 23.1. The minimum atomic E-state index is -0.0567. The van der Waals surface area contributed by atoms with Crippen LogP contribution in [0, 0.1) is 5.92 Å². The van der Waals surface area contributed by atoms with Crippen LogP contribution in [0.5, 0.6) is 11.5 Å². The highest BCUT2D eigenvalue weighted by Crippen LogP contribution is 2.25. The molecular formula is C19H24N4O3. The number of hydrogen-bond donors (Lipinski definition) is 1. The molecule has 1 aliphatic heterocycles. The van der Waals surface area contributed by atoms with Crippen LogP contribution < -0.4 is 19.7 Å². The van der Waals surface area contributed by atoms with Crippen molar-refractivity contribution < 1.29 is 14.3 Å². The van der Waals surface area contributed by atoms with Gasteiger partial charge in [0.25, 0.3) is 0 Å². The number of methoxy groups -OCH3 is 1. The van der Waals surface area contributed by atoms with E-state index in [9.17, 15) is 4.79 Å². The fraction of sp³-hybridized carbons (Fsp3) is 0.421. The fourth-order valence-electron chi connectivity index (χ4n) is 3.04. The zero-order valence-corrected chi connectivity index (χ0v) is 14.9. The van der Waals surface area contributed by atoms with E-state index in [1.165, 1.54) is 0 Å². The number of aromatic nitrogens is 2. The maximum absolute atomic E-state index is 12.5. The third-order valence-electron chi connectivity index (χ3n) is 4.36. The summed E-state index contributed by atoms with van der Waals surface area (Å²) in [6.07, 6.45) is 5.28. The number of carbonyl (C=O) groups is 1. The van der Waals surface area contributed by atoms with Crippen LogP contribution in [-0.2, 0) is 4.79 Å². The molecule has 2 aromatic rings. The van der Waals surface area contributed by atoms with Gasteiger partial charge in [-0.2, -0.15) is 0 Å². The lowest BCUT2D eigenvalue weighted by molar-refractivity contribution is -0.125. The number of nitrogens with one attached hydrogen (secondary N) is 1. The highest BCUT2D eigenvalue weighted by molar-refractivity contribution is 5.79. The Morgan fingerprint density at radius 1 is 1.23 bits per heavy atom. The Morgan fingerprint density at radius 2 is 2.00 bits per heavy atom. The second kappa shape index (κ2) is 9.03. The summed E-state index contributed by atoms with van der Waals surface area (Å²) in [5.74, 6) is 2.04. The van der Waals surface area contributed by atoms with Crippen molar-refractivity contribution in [3.8, 4) is 11.5 Å². The minimum absolute atomic E-state index is 0.0502. The third-order valence-corrected chi connectivity index (χ3v) is 4.36. The average Bonchev–Trinajstić information content (AvgIpc) is 2.72. The largest absolute Gasteiger partial charge is 0.493 e. The van der Waals surface area contributed by atoms with E-state index in [1.54, 1.807) is 25.6 Å². The number of para-hydroxylation sites is 2. The molecule has 0 aliphatic carbocycles. The molecule has 1 N–H and O–H groups in total. The number of ether oxygens (including phenoxy) is 2. The molecule has 0 saturated carbocycles. The third kappa shape index (κ3) is 4.62. The smallest absolute Gasteiger partial charge is 0.225 e. The molecule has 1 atom stereocenters. The van der Waals surface area contributed by atoms with Crippen molar-refractivity contribution in [3.63, 3.8) is 0 Å². The van der Waals surface area contributed by atoms with Gasteiger partial charge >= 0.3 is 0 Å². The van der Waals surface area contributed by atoms with E-state index in [2.05, 4.69) is 20.2 Å². The second-order valence-corrected chi connectivity index (χ2v) is 6.12. The van der Waals surface area contributed by atoms with Crippen molar-refractivity contribution in [2.24, 2.45) is 5.92 Å². The van der Waals surface area contributed by atoms with Crippen molar-refractivity contribution in [1.29, 1.82) is 0 Å². The highest BCUT2D eigenvalue weighted by Gasteiger charge is 2.26. The SMILES string of the molecule is COc1ccccc1OCCNC(=O)C1CCCN(c2ncccn2)C1. The molecule has 1 aromatic heterocycles. The van der Waals surface area contributed by atoms with Gasteiger partial charge < -0.3 is 19.7 Å². The Kier molecular flexibility index (Phi) is 6.24. The number of benzene rings is 1. The first-order valence-corrected chi connectivity index (χ1v) is 8.83. The molecule has 7 nitrogen and oxygen atoms in total. The zero-order chi connectivity index (χ0) is 18.2. The number of amides is 1. The molecular weight excluding hydrogens is 332 g/mol. The number of piperidine rings is 1. The maximum Gasteiger partial charge on any atom is 0.225 e. The molecule has 138 valence electrons. The summed E-state index contributed by atoms with van der Waals surface area (Å²) in [5, 5.41) is 2.96. The summed E-state index contributed by atoms with van der Waals surface area (Å²) in [6.45, 7) is 2.37. The Balaban J connectivity index is 1.44. The molecule has 1 amide bonds. The monoisotopic (exact) mass is 356 g/mol. The van der Waals surface area contributed by atoms with Gasteiger partial charge in [-0.1, -0.05) is 12.1 Å². The van der Waals surface area contributed by atoms with Gasteiger partial charge in [-0.3, -0.25) is 4.79 Å². The van der Waals surface area contributed by atoms with Gasteiger partial charge in [-0.15, -0.1) is 0 Å². The van der Waals surface area contributed by atoms with E-state index >= 15 is 0 Å². The molecule has 7 heteroatoms. The first kappa shape index (κ1) is 18.0. The Labute approximate surface area is 153 Å². The summed E-state index contributed by atoms with van der Waals surface area (Å²) in [6, 6.07) is 9.26. The van der Waals surface area contributed by atoms with Crippen LogP contribution in [0.25, 0.3) is 0 Å². The van der Waals surface area contributed by atoms with Crippen LogP contribution in [0.2, 0.25) is 0 Å². The lowest BCUT2D eigenvalue weighted by atomic mass is 9.97. The number of anilines is 1. The maximum atomic E-state index is 12.5. The van der Waals surface area contributed by atoms with Gasteiger partial charge in [0.2, 0.25) is 11.9 Å². The first-order chi connectivity index (χ1) is 12.8. The summed E-state index contributed by atoms with van der Waals surface area (Å²) >= 11 is 0. The van der Waals surface area contributed by atoms with E-state index < -0.39 is 0 Å².